The van der Waals surface area contributed by atoms with E-state index in [-0.39, 0.29) is 18.2 Å². The minimum Gasteiger partial charge on any atom is -0.387 e. The molecule has 3 atom stereocenters. The number of halogens is 2. The van der Waals surface area contributed by atoms with Crippen LogP contribution in [-0.4, -0.2) is 58.1 Å². The molecule has 0 radical (unpaired) electrons. The fourth-order valence-electron chi connectivity index (χ4n) is 4.34. The zero-order valence-corrected chi connectivity index (χ0v) is 16.8. The molecule has 0 bridgehead atoms. The number of rotatable bonds is 4. The molecule has 1 saturated heterocycles. The van der Waals surface area contributed by atoms with Gasteiger partial charge in [-0.2, -0.15) is 0 Å². The Labute approximate surface area is 173 Å². The minimum absolute atomic E-state index is 0.144. The highest BCUT2D eigenvalue weighted by Crippen LogP contribution is 2.42. The first-order chi connectivity index (χ1) is 14.3. The SMILES string of the molecule is C[C@@H]1C[C@H](O)c2ncnc(N3CCN(C(=O)[C@H](N)Cc4ccc(F)c(F)c4)CC3)c21. The Balaban J connectivity index is 1.39. The van der Waals surface area contributed by atoms with Gasteiger partial charge in [0, 0.05) is 31.7 Å². The second kappa shape index (κ2) is 8.23. The van der Waals surface area contributed by atoms with Gasteiger partial charge in [0.15, 0.2) is 11.6 Å². The van der Waals surface area contributed by atoms with Crippen LogP contribution in [0.4, 0.5) is 14.6 Å². The number of nitrogens with two attached hydrogens (primary N) is 1. The maximum Gasteiger partial charge on any atom is 0.239 e. The first kappa shape index (κ1) is 20.6. The molecule has 4 rings (SSSR count). The number of aromatic nitrogens is 2. The zero-order valence-electron chi connectivity index (χ0n) is 16.8. The van der Waals surface area contributed by atoms with E-state index < -0.39 is 23.8 Å². The summed E-state index contributed by atoms with van der Waals surface area (Å²) >= 11 is 0. The van der Waals surface area contributed by atoms with Crippen LogP contribution in [0.5, 0.6) is 0 Å². The second-order valence-corrected chi connectivity index (χ2v) is 8.02. The average Bonchev–Trinajstić information content (AvgIpc) is 3.04. The monoisotopic (exact) mass is 417 g/mol. The van der Waals surface area contributed by atoms with E-state index in [0.717, 1.165) is 23.5 Å². The lowest BCUT2D eigenvalue weighted by Crippen LogP contribution is -2.54. The molecule has 160 valence electrons. The van der Waals surface area contributed by atoms with Crippen molar-refractivity contribution < 1.29 is 18.7 Å². The second-order valence-electron chi connectivity index (χ2n) is 8.02. The van der Waals surface area contributed by atoms with E-state index in [4.69, 9.17) is 5.73 Å². The van der Waals surface area contributed by atoms with Gasteiger partial charge in [-0.1, -0.05) is 13.0 Å². The van der Waals surface area contributed by atoms with E-state index in [1.54, 1.807) is 4.90 Å². The number of anilines is 1. The number of carbonyl (C=O) groups excluding carboxylic acids is 1. The minimum atomic E-state index is -0.947. The Hall–Kier alpha value is -2.65. The average molecular weight is 417 g/mol. The van der Waals surface area contributed by atoms with E-state index in [1.165, 1.54) is 12.4 Å². The zero-order chi connectivity index (χ0) is 21.4. The number of hydrogen-bond donors (Lipinski definition) is 2. The highest BCUT2D eigenvalue weighted by Gasteiger charge is 2.34. The quantitative estimate of drug-likeness (QED) is 0.783. The number of aliphatic hydroxyl groups excluding tert-OH is 1. The van der Waals surface area contributed by atoms with Crippen LogP contribution in [0.15, 0.2) is 24.5 Å². The summed E-state index contributed by atoms with van der Waals surface area (Å²) in [6, 6.07) is 2.74. The van der Waals surface area contributed by atoms with Crippen molar-refractivity contribution in [1.29, 1.82) is 0 Å². The van der Waals surface area contributed by atoms with Gasteiger partial charge in [-0.15, -0.1) is 0 Å². The summed E-state index contributed by atoms with van der Waals surface area (Å²) in [7, 11) is 0. The summed E-state index contributed by atoms with van der Waals surface area (Å²) in [4.78, 5) is 25.2. The number of hydrogen-bond acceptors (Lipinski definition) is 6. The van der Waals surface area contributed by atoms with Crippen molar-refractivity contribution in [1.82, 2.24) is 14.9 Å². The Morgan fingerprint density at radius 1 is 1.23 bits per heavy atom. The van der Waals surface area contributed by atoms with Crippen LogP contribution in [0.2, 0.25) is 0 Å². The Morgan fingerprint density at radius 3 is 2.67 bits per heavy atom. The maximum atomic E-state index is 13.4. The van der Waals surface area contributed by atoms with Crippen LogP contribution in [0.3, 0.4) is 0 Å². The standard InChI is InChI=1S/C21H25F2N5O2/c1-12-8-17(29)19-18(12)20(26-11-25-19)27-4-6-28(7-5-27)21(30)16(24)10-13-2-3-14(22)15(23)9-13/h2-3,9,11-12,16-17,29H,4-8,10,24H2,1H3/t12-,16-,17+/m1/s1. The van der Waals surface area contributed by atoms with Gasteiger partial charge in [-0.25, -0.2) is 18.7 Å². The molecule has 0 saturated carbocycles. The lowest BCUT2D eigenvalue weighted by molar-refractivity contribution is -0.132. The number of amides is 1. The Morgan fingerprint density at radius 2 is 1.97 bits per heavy atom. The summed E-state index contributed by atoms with van der Waals surface area (Å²) in [5.41, 5.74) is 8.22. The third kappa shape index (κ3) is 3.87. The van der Waals surface area contributed by atoms with Crippen molar-refractivity contribution in [3.63, 3.8) is 0 Å². The van der Waals surface area contributed by atoms with E-state index in [0.29, 0.717) is 43.9 Å². The van der Waals surface area contributed by atoms with Gasteiger partial charge in [0.2, 0.25) is 5.91 Å². The van der Waals surface area contributed by atoms with Crippen molar-refractivity contribution in [3.05, 3.63) is 53.0 Å². The topological polar surface area (TPSA) is 95.6 Å². The van der Waals surface area contributed by atoms with E-state index in [9.17, 15) is 18.7 Å². The number of benzene rings is 1. The molecule has 1 amide bonds. The van der Waals surface area contributed by atoms with Crippen LogP contribution < -0.4 is 10.6 Å². The molecule has 7 nitrogen and oxygen atoms in total. The normalized spacial score (nSPS) is 22.2. The molecule has 1 aliphatic carbocycles. The van der Waals surface area contributed by atoms with Crippen molar-refractivity contribution in [2.24, 2.45) is 5.73 Å². The molecule has 9 heteroatoms. The molecule has 1 aromatic heterocycles. The highest BCUT2D eigenvalue weighted by atomic mass is 19.2. The molecular formula is C21H25F2N5O2. The molecule has 2 aliphatic rings. The van der Waals surface area contributed by atoms with E-state index in [2.05, 4.69) is 21.8 Å². The predicted molar refractivity (Wildman–Crippen MR) is 107 cm³/mol. The Bertz CT molecular complexity index is 949. The molecule has 0 spiro atoms. The lowest BCUT2D eigenvalue weighted by Gasteiger charge is -2.37. The molecule has 0 unspecified atom stereocenters. The van der Waals surface area contributed by atoms with Crippen LogP contribution in [0.1, 0.15) is 42.2 Å². The highest BCUT2D eigenvalue weighted by molar-refractivity contribution is 5.82. The number of aliphatic hydroxyl groups is 1. The molecular weight excluding hydrogens is 392 g/mol. The van der Waals surface area contributed by atoms with Crippen molar-refractivity contribution >= 4 is 11.7 Å². The first-order valence-electron chi connectivity index (χ1n) is 10.1. The van der Waals surface area contributed by atoms with Gasteiger partial charge in [0.1, 0.15) is 12.1 Å². The smallest absolute Gasteiger partial charge is 0.239 e. The molecule has 2 heterocycles. The molecule has 2 aromatic rings. The van der Waals surface area contributed by atoms with Gasteiger partial charge in [-0.3, -0.25) is 4.79 Å². The molecule has 30 heavy (non-hydrogen) atoms. The largest absolute Gasteiger partial charge is 0.387 e. The number of fused-ring (bicyclic) bond motifs is 1. The van der Waals surface area contributed by atoms with Crippen molar-refractivity contribution in [2.75, 3.05) is 31.1 Å². The van der Waals surface area contributed by atoms with Gasteiger partial charge in [0.05, 0.1) is 17.8 Å². The van der Waals surface area contributed by atoms with Gasteiger partial charge in [0.25, 0.3) is 0 Å². The summed E-state index contributed by atoms with van der Waals surface area (Å²) in [5.74, 6) is -1.08. The summed E-state index contributed by atoms with van der Waals surface area (Å²) in [6.07, 6.45) is 1.70. The lowest BCUT2D eigenvalue weighted by atomic mass is 10.0. The first-order valence-corrected chi connectivity index (χ1v) is 10.1. The van der Waals surface area contributed by atoms with E-state index >= 15 is 0 Å². The predicted octanol–water partition coefficient (Wildman–Crippen LogP) is 1.51. The molecule has 1 aliphatic heterocycles. The van der Waals surface area contributed by atoms with Gasteiger partial charge in [-0.05, 0) is 36.5 Å². The third-order valence-electron chi connectivity index (χ3n) is 5.93. The summed E-state index contributed by atoms with van der Waals surface area (Å²) in [6.45, 7) is 4.21. The molecule has 3 N–H and O–H groups in total. The van der Waals surface area contributed by atoms with Crippen LogP contribution in [-0.2, 0) is 11.2 Å². The summed E-state index contributed by atoms with van der Waals surface area (Å²) < 4.78 is 26.5. The number of nitrogens with zero attached hydrogens (tertiary/aromatic N) is 4. The third-order valence-corrected chi connectivity index (χ3v) is 5.93. The van der Waals surface area contributed by atoms with Gasteiger partial charge >= 0.3 is 0 Å². The Kier molecular flexibility index (Phi) is 5.66. The number of carbonyl (C=O) groups is 1. The van der Waals surface area contributed by atoms with Crippen LogP contribution in [0.25, 0.3) is 0 Å². The maximum absolute atomic E-state index is 13.4. The van der Waals surface area contributed by atoms with Crippen molar-refractivity contribution in [3.8, 4) is 0 Å². The van der Waals surface area contributed by atoms with Crippen molar-refractivity contribution in [2.45, 2.75) is 37.8 Å². The van der Waals surface area contributed by atoms with Gasteiger partial charge < -0.3 is 20.6 Å². The van der Waals surface area contributed by atoms with Crippen LogP contribution in [0, 0.1) is 11.6 Å². The van der Waals surface area contributed by atoms with E-state index in [1.807, 2.05) is 0 Å². The molecule has 1 aromatic carbocycles. The fourth-order valence-corrected chi connectivity index (χ4v) is 4.34. The summed E-state index contributed by atoms with van der Waals surface area (Å²) in [5, 5.41) is 10.2. The fraction of sp³-hybridized carbons (Fsp3) is 0.476. The molecule has 1 fully saturated rings. The van der Waals surface area contributed by atoms with Crippen LogP contribution >= 0.6 is 0 Å². The number of piperazine rings is 1.